The molecule has 0 atom stereocenters. The standard InChI is InChI=1S/C50H93/c1-3-5-7-9-11-13-15-17-19-21-23-25-27-29-31-33-35-37-39-41-44-49-46-43-47-50(48-49)45-42-40-38-36-34-32-30-28-26-24-22-20-18-16-14-12-10-8-6-4-2/h43,46-47H,3-42,44-45H2,1-2H3. The second-order valence-electron chi connectivity index (χ2n) is 16.6. The average molecular weight is 694 g/mol. The fraction of sp³-hybridized carbons (Fsp3) is 0.880. The molecule has 0 fully saturated rings. The molecule has 0 amide bonds. The molecule has 1 rings (SSSR count). The highest BCUT2D eigenvalue weighted by Gasteiger charge is 2.01. The third kappa shape index (κ3) is 35.6. The highest BCUT2D eigenvalue weighted by molar-refractivity contribution is 5.22. The Morgan fingerprint density at radius 3 is 0.640 bits per heavy atom. The second-order valence-corrected chi connectivity index (χ2v) is 16.6. The maximum Gasteiger partial charge on any atom is -0.0114 e. The molecule has 0 aliphatic rings. The Hall–Kier alpha value is -0.780. The molecule has 0 heteroatoms. The van der Waals surface area contributed by atoms with Gasteiger partial charge in [0.2, 0.25) is 0 Å². The van der Waals surface area contributed by atoms with E-state index in [2.05, 4.69) is 38.1 Å². The minimum atomic E-state index is 1.23. The van der Waals surface area contributed by atoms with Gasteiger partial charge >= 0.3 is 0 Å². The molecular weight excluding hydrogens is 601 g/mol. The summed E-state index contributed by atoms with van der Waals surface area (Å²) < 4.78 is 0. The van der Waals surface area contributed by atoms with E-state index in [-0.39, 0.29) is 0 Å². The first kappa shape index (κ1) is 47.2. The van der Waals surface area contributed by atoms with Gasteiger partial charge in [-0.3, -0.25) is 0 Å². The zero-order valence-corrected chi connectivity index (χ0v) is 34.9. The molecule has 1 aromatic rings. The maximum absolute atomic E-state index is 3.77. The molecule has 0 bridgehead atoms. The van der Waals surface area contributed by atoms with Crippen LogP contribution in [0, 0.1) is 6.07 Å². The van der Waals surface area contributed by atoms with Gasteiger partial charge < -0.3 is 0 Å². The number of aryl methyl sites for hydroxylation is 2. The lowest BCUT2D eigenvalue weighted by Gasteiger charge is -2.06. The van der Waals surface area contributed by atoms with Crippen LogP contribution in [0.5, 0.6) is 0 Å². The van der Waals surface area contributed by atoms with E-state index in [1.165, 1.54) is 281 Å². The van der Waals surface area contributed by atoms with Gasteiger partial charge in [0.1, 0.15) is 0 Å². The van der Waals surface area contributed by atoms with E-state index >= 15 is 0 Å². The Balaban J connectivity index is 1.80. The molecule has 0 aliphatic heterocycles. The van der Waals surface area contributed by atoms with Crippen LogP contribution in [0.3, 0.4) is 0 Å². The van der Waals surface area contributed by atoms with E-state index < -0.39 is 0 Å². The second kappa shape index (κ2) is 41.0. The van der Waals surface area contributed by atoms with Crippen molar-refractivity contribution in [1.82, 2.24) is 0 Å². The zero-order chi connectivity index (χ0) is 35.7. The molecule has 0 nitrogen and oxygen atoms in total. The first-order valence-electron chi connectivity index (χ1n) is 23.9. The van der Waals surface area contributed by atoms with E-state index in [0.29, 0.717) is 0 Å². The van der Waals surface area contributed by atoms with Gasteiger partial charge in [0, 0.05) is 0 Å². The molecule has 0 aliphatic carbocycles. The lowest BCUT2D eigenvalue weighted by atomic mass is 9.99. The number of hydrogen-bond donors (Lipinski definition) is 0. The van der Waals surface area contributed by atoms with Crippen LogP contribution < -0.4 is 0 Å². The summed E-state index contributed by atoms with van der Waals surface area (Å²) in [5.74, 6) is 0. The number of benzene rings is 1. The van der Waals surface area contributed by atoms with E-state index in [1.807, 2.05) is 0 Å². The molecule has 1 aromatic carbocycles. The third-order valence-corrected chi connectivity index (χ3v) is 11.5. The third-order valence-electron chi connectivity index (χ3n) is 11.5. The van der Waals surface area contributed by atoms with Crippen LogP contribution >= 0.6 is 0 Å². The highest BCUT2D eigenvalue weighted by Crippen LogP contribution is 2.18. The fourth-order valence-electron chi connectivity index (χ4n) is 8.00. The van der Waals surface area contributed by atoms with E-state index in [1.54, 1.807) is 0 Å². The smallest absolute Gasteiger partial charge is 0.0114 e. The molecule has 0 N–H and O–H groups in total. The largest absolute Gasteiger partial charge is 0.0654 e. The molecular formula is C50H93. The molecule has 293 valence electrons. The summed E-state index contributed by atoms with van der Waals surface area (Å²) in [6.45, 7) is 4.62. The van der Waals surface area contributed by atoms with Gasteiger partial charge in [-0.2, -0.15) is 0 Å². The minimum Gasteiger partial charge on any atom is -0.0654 e. The average Bonchev–Trinajstić information content (AvgIpc) is 3.13. The molecule has 0 saturated heterocycles. The van der Waals surface area contributed by atoms with Gasteiger partial charge in [0.25, 0.3) is 0 Å². The van der Waals surface area contributed by atoms with Crippen molar-refractivity contribution in [3.8, 4) is 0 Å². The maximum atomic E-state index is 3.77. The Labute approximate surface area is 317 Å². The summed E-state index contributed by atoms with van der Waals surface area (Å²) in [4.78, 5) is 0. The van der Waals surface area contributed by atoms with Crippen molar-refractivity contribution >= 4 is 0 Å². The summed E-state index contributed by atoms with van der Waals surface area (Å²) in [6.07, 6.45) is 60.6. The SMILES string of the molecule is CCCCCCCCCCCCCCCCCCCCCCc1[c]c(CCCCCCCCCCCCCCCCCCCCCC)ccc1. The van der Waals surface area contributed by atoms with Crippen LogP contribution in [0.2, 0.25) is 0 Å². The van der Waals surface area contributed by atoms with Gasteiger partial charge in [0.05, 0.1) is 0 Å². The lowest BCUT2D eigenvalue weighted by Crippen LogP contribution is -1.92. The van der Waals surface area contributed by atoms with Crippen molar-refractivity contribution in [3.05, 3.63) is 35.4 Å². The molecule has 0 unspecified atom stereocenters. The van der Waals surface area contributed by atoms with Crippen molar-refractivity contribution in [2.75, 3.05) is 0 Å². The van der Waals surface area contributed by atoms with Gasteiger partial charge in [-0.05, 0) is 42.9 Å². The van der Waals surface area contributed by atoms with Gasteiger partial charge in [-0.1, -0.05) is 276 Å². The minimum absolute atomic E-state index is 1.23. The van der Waals surface area contributed by atoms with Crippen molar-refractivity contribution < 1.29 is 0 Å². The molecule has 1 radical (unpaired) electrons. The van der Waals surface area contributed by atoms with Gasteiger partial charge in [0.15, 0.2) is 0 Å². The van der Waals surface area contributed by atoms with Crippen molar-refractivity contribution in [3.63, 3.8) is 0 Å². The lowest BCUT2D eigenvalue weighted by molar-refractivity contribution is 0.521. The van der Waals surface area contributed by atoms with Crippen molar-refractivity contribution in [2.45, 2.75) is 284 Å². The molecule has 0 heterocycles. The quantitative estimate of drug-likeness (QED) is 0.0598. The summed E-state index contributed by atoms with van der Waals surface area (Å²) >= 11 is 0. The van der Waals surface area contributed by atoms with Gasteiger partial charge in [-0.15, -0.1) is 0 Å². The van der Waals surface area contributed by atoms with Crippen LogP contribution in [0.1, 0.15) is 282 Å². The van der Waals surface area contributed by atoms with E-state index in [0.717, 1.165) is 0 Å². The predicted molar refractivity (Wildman–Crippen MR) is 229 cm³/mol. The molecule has 0 spiro atoms. The zero-order valence-electron chi connectivity index (χ0n) is 34.9. The number of hydrogen-bond acceptors (Lipinski definition) is 0. The van der Waals surface area contributed by atoms with Crippen LogP contribution in [0.25, 0.3) is 0 Å². The highest BCUT2D eigenvalue weighted by atomic mass is 14.1. The normalized spacial score (nSPS) is 11.6. The number of unbranched alkanes of at least 4 members (excludes halogenated alkanes) is 38. The summed E-state index contributed by atoms with van der Waals surface area (Å²) in [5.41, 5.74) is 2.91. The van der Waals surface area contributed by atoms with Crippen LogP contribution in [0.15, 0.2) is 18.2 Å². The van der Waals surface area contributed by atoms with E-state index in [4.69, 9.17) is 0 Å². The van der Waals surface area contributed by atoms with Crippen molar-refractivity contribution in [1.29, 1.82) is 0 Å². The van der Waals surface area contributed by atoms with Crippen LogP contribution in [-0.4, -0.2) is 0 Å². The monoisotopic (exact) mass is 694 g/mol. The first-order chi connectivity index (χ1) is 24.9. The number of rotatable bonds is 42. The predicted octanol–water partition coefficient (Wildman–Crippen LogP) is 18.2. The molecule has 50 heavy (non-hydrogen) atoms. The fourth-order valence-corrected chi connectivity index (χ4v) is 8.00. The summed E-state index contributed by atoms with van der Waals surface area (Å²) in [6, 6.07) is 10.7. The first-order valence-corrected chi connectivity index (χ1v) is 23.9. The summed E-state index contributed by atoms with van der Waals surface area (Å²) in [5, 5.41) is 0. The Morgan fingerprint density at radius 2 is 0.440 bits per heavy atom. The van der Waals surface area contributed by atoms with Crippen LogP contribution in [-0.2, 0) is 12.8 Å². The topological polar surface area (TPSA) is 0 Å². The molecule has 0 saturated carbocycles. The van der Waals surface area contributed by atoms with Crippen LogP contribution in [0.4, 0.5) is 0 Å². The summed E-state index contributed by atoms with van der Waals surface area (Å²) in [7, 11) is 0. The van der Waals surface area contributed by atoms with Crippen molar-refractivity contribution in [2.24, 2.45) is 0 Å². The van der Waals surface area contributed by atoms with Gasteiger partial charge in [-0.25, -0.2) is 0 Å². The Bertz CT molecular complexity index is 689. The Morgan fingerprint density at radius 1 is 0.260 bits per heavy atom. The molecule has 0 aromatic heterocycles. The Kier molecular flexibility index (Phi) is 38.7. The van der Waals surface area contributed by atoms with E-state index in [9.17, 15) is 0 Å².